The average molecular weight is 307 g/mol. The molecule has 1 unspecified atom stereocenters. The molecule has 4 nitrogen and oxygen atoms in total. The van der Waals surface area contributed by atoms with Gasteiger partial charge < -0.3 is 0 Å². The maximum Gasteiger partial charge on any atom is 0.418 e. The van der Waals surface area contributed by atoms with Gasteiger partial charge in [-0.2, -0.15) is 13.2 Å². The van der Waals surface area contributed by atoms with Crippen LogP contribution in [0.1, 0.15) is 12.5 Å². The molecule has 20 heavy (non-hydrogen) atoms. The van der Waals surface area contributed by atoms with Crippen LogP contribution in [0.15, 0.2) is 18.2 Å². The first-order valence-electron chi connectivity index (χ1n) is 5.69. The second kappa shape index (κ2) is 4.97. The first-order valence-corrected chi connectivity index (χ1v) is 6.07. The summed E-state index contributed by atoms with van der Waals surface area (Å²) in [5, 5.41) is 1.94. The van der Waals surface area contributed by atoms with Crippen molar-refractivity contribution in [1.29, 1.82) is 0 Å². The minimum absolute atomic E-state index is 0.0809. The average Bonchev–Trinajstić information content (AvgIpc) is 2.33. The first kappa shape index (κ1) is 14.6. The van der Waals surface area contributed by atoms with E-state index in [0.717, 1.165) is 17.0 Å². The van der Waals surface area contributed by atoms with Crippen LogP contribution >= 0.6 is 11.6 Å². The molecule has 1 heterocycles. The van der Waals surface area contributed by atoms with Crippen molar-refractivity contribution < 1.29 is 22.8 Å². The Morgan fingerprint density at radius 3 is 2.60 bits per heavy atom. The highest BCUT2D eigenvalue weighted by Gasteiger charge is 2.38. The number of nitrogens with zero attached hydrogens (tertiary/aromatic N) is 1. The molecule has 0 spiro atoms. The van der Waals surface area contributed by atoms with Crippen molar-refractivity contribution in [2.75, 3.05) is 11.4 Å². The molecule has 2 rings (SSSR count). The maximum atomic E-state index is 13.0. The molecule has 1 N–H and O–H groups in total. The third-order valence-electron chi connectivity index (χ3n) is 2.93. The summed E-state index contributed by atoms with van der Waals surface area (Å²) in [5.74, 6) is -1.10. The lowest BCUT2D eigenvalue weighted by molar-refractivity contribution is -0.137. The number of rotatable bonds is 1. The fourth-order valence-corrected chi connectivity index (χ4v) is 2.09. The van der Waals surface area contributed by atoms with Crippen LogP contribution in [0, 0.1) is 5.92 Å². The van der Waals surface area contributed by atoms with E-state index in [-0.39, 0.29) is 17.3 Å². The van der Waals surface area contributed by atoms with E-state index in [4.69, 9.17) is 11.6 Å². The minimum atomic E-state index is -4.65. The van der Waals surface area contributed by atoms with E-state index in [9.17, 15) is 22.8 Å². The predicted octanol–water partition coefficient (Wildman–Crippen LogP) is 3.05. The van der Waals surface area contributed by atoms with Crippen molar-refractivity contribution in [1.82, 2.24) is 5.32 Å². The summed E-state index contributed by atoms with van der Waals surface area (Å²) in [7, 11) is 0. The summed E-state index contributed by atoms with van der Waals surface area (Å²) in [6, 6.07) is 2.26. The Morgan fingerprint density at radius 1 is 1.35 bits per heavy atom. The predicted molar refractivity (Wildman–Crippen MR) is 66.5 cm³/mol. The Hall–Kier alpha value is -1.76. The lowest BCUT2D eigenvalue weighted by Gasteiger charge is -2.32. The Bertz CT molecular complexity index is 574. The highest BCUT2D eigenvalue weighted by molar-refractivity contribution is 6.30. The standard InChI is InChI=1S/C12H10ClF3N2O2/c1-6-5-18(11(20)17-10(6)19)9-3-2-7(13)4-8(9)12(14,15)16/h2-4,6H,5H2,1H3,(H,17,19,20). The summed E-state index contributed by atoms with van der Waals surface area (Å²) in [4.78, 5) is 23.9. The number of amides is 3. The van der Waals surface area contributed by atoms with Gasteiger partial charge in [0.2, 0.25) is 5.91 Å². The number of benzene rings is 1. The zero-order chi connectivity index (χ0) is 15.1. The van der Waals surface area contributed by atoms with E-state index >= 15 is 0 Å². The normalized spacial score (nSPS) is 20.1. The Morgan fingerprint density at radius 2 is 2.00 bits per heavy atom. The maximum absolute atomic E-state index is 13.0. The topological polar surface area (TPSA) is 49.4 Å². The number of hydrogen-bond acceptors (Lipinski definition) is 2. The second-order valence-electron chi connectivity index (χ2n) is 4.47. The molecule has 1 aliphatic heterocycles. The van der Waals surface area contributed by atoms with Gasteiger partial charge in [0.05, 0.1) is 17.2 Å². The zero-order valence-corrected chi connectivity index (χ0v) is 11.0. The van der Waals surface area contributed by atoms with Crippen molar-refractivity contribution in [3.05, 3.63) is 28.8 Å². The van der Waals surface area contributed by atoms with E-state index in [2.05, 4.69) is 0 Å². The van der Waals surface area contributed by atoms with Gasteiger partial charge in [0.15, 0.2) is 0 Å². The molecular formula is C12H10ClF3N2O2. The molecule has 1 atom stereocenters. The van der Waals surface area contributed by atoms with Gasteiger partial charge in [-0.15, -0.1) is 0 Å². The number of anilines is 1. The van der Waals surface area contributed by atoms with Crippen LogP contribution in [-0.2, 0) is 11.0 Å². The fourth-order valence-electron chi connectivity index (χ4n) is 1.91. The van der Waals surface area contributed by atoms with E-state index in [1.807, 2.05) is 5.32 Å². The number of nitrogens with one attached hydrogen (secondary N) is 1. The Labute approximate surface area is 117 Å². The van der Waals surface area contributed by atoms with Crippen LogP contribution in [0.3, 0.4) is 0 Å². The molecule has 0 radical (unpaired) electrons. The first-order chi connectivity index (χ1) is 9.20. The van der Waals surface area contributed by atoms with Gasteiger partial charge in [0, 0.05) is 11.6 Å². The Kier molecular flexibility index (Phi) is 3.64. The largest absolute Gasteiger partial charge is 0.418 e. The van der Waals surface area contributed by atoms with Gasteiger partial charge in [-0.25, -0.2) is 4.79 Å². The van der Waals surface area contributed by atoms with Crippen LogP contribution in [-0.4, -0.2) is 18.5 Å². The number of imide groups is 1. The summed E-state index contributed by atoms with van der Waals surface area (Å²) >= 11 is 5.58. The smallest absolute Gasteiger partial charge is 0.293 e. The third kappa shape index (κ3) is 2.72. The van der Waals surface area contributed by atoms with Gasteiger partial charge in [-0.1, -0.05) is 18.5 Å². The molecule has 1 aromatic carbocycles. The Balaban J connectivity index is 2.47. The van der Waals surface area contributed by atoms with Gasteiger partial charge in [0.25, 0.3) is 0 Å². The third-order valence-corrected chi connectivity index (χ3v) is 3.17. The zero-order valence-electron chi connectivity index (χ0n) is 10.3. The minimum Gasteiger partial charge on any atom is -0.293 e. The van der Waals surface area contributed by atoms with Crippen molar-refractivity contribution in [3.8, 4) is 0 Å². The summed E-state index contributed by atoms with van der Waals surface area (Å²) in [5.41, 5.74) is -1.33. The number of carbonyl (C=O) groups excluding carboxylic acids is 2. The summed E-state index contributed by atoms with van der Waals surface area (Å²) in [6.45, 7) is 1.41. The SMILES string of the molecule is CC1CN(c2ccc(Cl)cc2C(F)(F)F)C(=O)NC1=O. The molecule has 0 aromatic heterocycles. The van der Waals surface area contributed by atoms with Crippen LogP contribution in [0.4, 0.5) is 23.7 Å². The molecule has 3 amide bonds. The van der Waals surface area contributed by atoms with E-state index < -0.39 is 29.6 Å². The fraction of sp³-hybridized carbons (Fsp3) is 0.333. The lowest BCUT2D eigenvalue weighted by Crippen LogP contribution is -2.54. The molecule has 0 saturated carbocycles. The molecular weight excluding hydrogens is 297 g/mol. The number of hydrogen-bond donors (Lipinski definition) is 1. The molecule has 8 heteroatoms. The van der Waals surface area contributed by atoms with Crippen LogP contribution in [0.5, 0.6) is 0 Å². The van der Waals surface area contributed by atoms with Crippen LogP contribution < -0.4 is 10.2 Å². The molecule has 1 fully saturated rings. The molecule has 0 aliphatic carbocycles. The van der Waals surface area contributed by atoms with Crippen LogP contribution in [0.25, 0.3) is 0 Å². The van der Waals surface area contributed by atoms with E-state index in [1.54, 1.807) is 0 Å². The number of halogens is 4. The van der Waals surface area contributed by atoms with Crippen molar-refractivity contribution in [3.63, 3.8) is 0 Å². The van der Waals surface area contributed by atoms with Crippen molar-refractivity contribution >= 4 is 29.2 Å². The molecule has 1 aromatic rings. The highest BCUT2D eigenvalue weighted by atomic mass is 35.5. The molecule has 108 valence electrons. The van der Waals surface area contributed by atoms with Gasteiger partial charge in [-0.05, 0) is 18.2 Å². The molecule has 0 bridgehead atoms. The second-order valence-corrected chi connectivity index (χ2v) is 4.90. The number of carbonyl (C=O) groups is 2. The van der Waals surface area contributed by atoms with Gasteiger partial charge in [-0.3, -0.25) is 15.0 Å². The van der Waals surface area contributed by atoms with E-state index in [0.29, 0.717) is 0 Å². The van der Waals surface area contributed by atoms with Crippen molar-refractivity contribution in [2.45, 2.75) is 13.1 Å². The molecule has 1 aliphatic rings. The highest BCUT2D eigenvalue weighted by Crippen LogP contribution is 2.38. The summed E-state index contributed by atoms with van der Waals surface area (Å²) in [6.07, 6.45) is -4.65. The molecule has 1 saturated heterocycles. The van der Waals surface area contributed by atoms with Gasteiger partial charge >= 0.3 is 12.2 Å². The number of alkyl halides is 3. The van der Waals surface area contributed by atoms with E-state index in [1.165, 1.54) is 13.0 Å². The number of urea groups is 1. The quantitative estimate of drug-likeness (QED) is 0.867. The lowest BCUT2D eigenvalue weighted by atomic mass is 10.1. The van der Waals surface area contributed by atoms with Crippen LogP contribution in [0.2, 0.25) is 5.02 Å². The summed E-state index contributed by atoms with van der Waals surface area (Å²) < 4.78 is 39.0. The monoisotopic (exact) mass is 306 g/mol. The van der Waals surface area contributed by atoms with Crippen molar-refractivity contribution in [2.24, 2.45) is 5.92 Å². The van der Waals surface area contributed by atoms with Gasteiger partial charge in [0.1, 0.15) is 0 Å².